The summed E-state index contributed by atoms with van der Waals surface area (Å²) in [5.41, 5.74) is 1.22. The fourth-order valence-electron chi connectivity index (χ4n) is 2.74. The molecule has 5 nitrogen and oxygen atoms in total. The molecule has 0 aliphatic carbocycles. The van der Waals surface area contributed by atoms with Crippen LogP contribution in [0.4, 0.5) is 5.69 Å². The van der Waals surface area contributed by atoms with Gasteiger partial charge in [-0.15, -0.1) is 0 Å². The number of nitrogens with one attached hydrogen (secondary N) is 1. The molecule has 1 aromatic rings. The number of carbonyl (C=O) groups is 2. The summed E-state index contributed by atoms with van der Waals surface area (Å²) in [6.07, 6.45) is 2.61. The van der Waals surface area contributed by atoms with Gasteiger partial charge in [0.2, 0.25) is 5.91 Å². The summed E-state index contributed by atoms with van der Waals surface area (Å²) in [4.78, 5) is 26.1. The van der Waals surface area contributed by atoms with Crippen LogP contribution in [0.1, 0.15) is 43.5 Å². The first-order chi connectivity index (χ1) is 11.1. The van der Waals surface area contributed by atoms with Crippen LogP contribution in [0, 0.1) is 5.92 Å². The second-order valence-electron chi connectivity index (χ2n) is 6.01. The minimum absolute atomic E-state index is 0.179. The number of amides is 1. The van der Waals surface area contributed by atoms with Crippen LogP contribution < -0.4 is 5.32 Å². The van der Waals surface area contributed by atoms with Crippen LogP contribution in [-0.4, -0.2) is 43.0 Å². The van der Waals surface area contributed by atoms with Gasteiger partial charge in [-0.3, -0.25) is 4.79 Å². The van der Waals surface area contributed by atoms with Gasteiger partial charge < -0.3 is 15.0 Å². The molecule has 1 aliphatic rings. The fraction of sp³-hybridized carbons (Fsp3) is 0.556. The first kappa shape index (κ1) is 17.3. The molecule has 23 heavy (non-hydrogen) atoms. The Kier molecular flexibility index (Phi) is 6.44. The highest BCUT2D eigenvalue weighted by molar-refractivity contribution is 5.95. The van der Waals surface area contributed by atoms with Crippen LogP contribution in [0.25, 0.3) is 0 Å². The second kappa shape index (κ2) is 8.56. The zero-order valence-corrected chi connectivity index (χ0v) is 14.0. The number of para-hydroxylation sites is 1. The number of esters is 1. The van der Waals surface area contributed by atoms with E-state index in [4.69, 9.17) is 4.74 Å². The van der Waals surface area contributed by atoms with Gasteiger partial charge in [-0.2, -0.15) is 0 Å². The van der Waals surface area contributed by atoms with E-state index in [9.17, 15) is 9.59 Å². The van der Waals surface area contributed by atoms with Crippen molar-refractivity contribution < 1.29 is 14.3 Å². The van der Waals surface area contributed by atoms with E-state index in [1.54, 1.807) is 19.1 Å². The minimum Gasteiger partial charge on any atom is -0.462 e. The maximum atomic E-state index is 12.2. The SMILES string of the molecule is CCOC(=O)c1ccccc1NCCC(=O)N1CCC(C)CC1. The summed E-state index contributed by atoms with van der Waals surface area (Å²) in [6.45, 7) is 6.60. The van der Waals surface area contributed by atoms with Crippen LogP contribution in [0.2, 0.25) is 0 Å². The average Bonchev–Trinajstić information content (AvgIpc) is 2.56. The smallest absolute Gasteiger partial charge is 0.340 e. The highest BCUT2D eigenvalue weighted by Gasteiger charge is 2.20. The van der Waals surface area contributed by atoms with Crippen molar-refractivity contribution in [2.24, 2.45) is 5.92 Å². The van der Waals surface area contributed by atoms with Gasteiger partial charge >= 0.3 is 5.97 Å². The number of carbonyl (C=O) groups excluding carboxylic acids is 2. The number of hydrogen-bond donors (Lipinski definition) is 1. The predicted molar refractivity (Wildman–Crippen MR) is 90.5 cm³/mol. The molecule has 0 aromatic heterocycles. The van der Waals surface area contributed by atoms with E-state index in [0.29, 0.717) is 36.7 Å². The molecule has 1 saturated heterocycles. The summed E-state index contributed by atoms with van der Waals surface area (Å²) >= 11 is 0. The molecule has 1 fully saturated rings. The molecule has 0 radical (unpaired) electrons. The summed E-state index contributed by atoms with van der Waals surface area (Å²) < 4.78 is 5.05. The Morgan fingerprint density at radius 2 is 1.96 bits per heavy atom. The average molecular weight is 318 g/mol. The van der Waals surface area contributed by atoms with Crippen LogP contribution in [0.3, 0.4) is 0 Å². The van der Waals surface area contributed by atoms with Crippen molar-refractivity contribution >= 4 is 17.6 Å². The molecule has 1 aliphatic heterocycles. The molecule has 1 heterocycles. The molecule has 0 unspecified atom stereocenters. The van der Waals surface area contributed by atoms with Gasteiger partial charge in [-0.25, -0.2) is 4.79 Å². The van der Waals surface area contributed by atoms with Crippen LogP contribution in [0.15, 0.2) is 24.3 Å². The predicted octanol–water partition coefficient (Wildman–Crippen LogP) is 2.92. The lowest BCUT2D eigenvalue weighted by Gasteiger charge is -2.30. The van der Waals surface area contributed by atoms with E-state index in [-0.39, 0.29) is 11.9 Å². The van der Waals surface area contributed by atoms with E-state index >= 15 is 0 Å². The molecular formula is C18H26N2O3. The third-order valence-electron chi connectivity index (χ3n) is 4.21. The minimum atomic E-state index is -0.341. The topological polar surface area (TPSA) is 58.6 Å². The van der Waals surface area contributed by atoms with E-state index in [2.05, 4.69) is 12.2 Å². The lowest BCUT2D eigenvalue weighted by molar-refractivity contribution is -0.132. The molecule has 1 aromatic carbocycles. The van der Waals surface area contributed by atoms with Crippen molar-refractivity contribution in [3.63, 3.8) is 0 Å². The van der Waals surface area contributed by atoms with Crippen molar-refractivity contribution in [3.8, 4) is 0 Å². The number of hydrogen-bond acceptors (Lipinski definition) is 4. The Morgan fingerprint density at radius 1 is 1.26 bits per heavy atom. The molecule has 0 bridgehead atoms. The Morgan fingerprint density at radius 3 is 2.65 bits per heavy atom. The van der Waals surface area contributed by atoms with Crippen molar-refractivity contribution in [2.75, 3.05) is 31.6 Å². The Balaban J connectivity index is 1.84. The third-order valence-corrected chi connectivity index (χ3v) is 4.21. The van der Waals surface area contributed by atoms with Crippen molar-refractivity contribution in [2.45, 2.75) is 33.1 Å². The first-order valence-corrected chi connectivity index (χ1v) is 8.39. The van der Waals surface area contributed by atoms with Crippen LogP contribution >= 0.6 is 0 Å². The normalized spacial score (nSPS) is 15.3. The largest absolute Gasteiger partial charge is 0.462 e. The molecule has 1 N–H and O–H groups in total. The number of benzene rings is 1. The number of rotatable bonds is 6. The van der Waals surface area contributed by atoms with Gasteiger partial charge in [0.05, 0.1) is 12.2 Å². The lowest BCUT2D eigenvalue weighted by Crippen LogP contribution is -2.38. The number of piperidine rings is 1. The highest BCUT2D eigenvalue weighted by Crippen LogP contribution is 2.18. The fourth-order valence-corrected chi connectivity index (χ4v) is 2.74. The van der Waals surface area contributed by atoms with Crippen molar-refractivity contribution in [1.29, 1.82) is 0 Å². The van der Waals surface area contributed by atoms with Gasteiger partial charge in [-0.1, -0.05) is 19.1 Å². The number of nitrogens with zero attached hydrogens (tertiary/aromatic N) is 1. The second-order valence-corrected chi connectivity index (χ2v) is 6.01. The van der Waals surface area contributed by atoms with E-state index in [1.807, 2.05) is 17.0 Å². The molecule has 1 amide bonds. The summed E-state index contributed by atoms with van der Waals surface area (Å²) in [6, 6.07) is 7.23. The summed E-state index contributed by atoms with van der Waals surface area (Å²) in [5, 5.41) is 3.18. The molecule has 5 heteroatoms. The van der Waals surface area contributed by atoms with E-state index in [1.165, 1.54) is 0 Å². The highest BCUT2D eigenvalue weighted by atomic mass is 16.5. The zero-order chi connectivity index (χ0) is 16.7. The molecule has 126 valence electrons. The Labute approximate surface area is 138 Å². The Hall–Kier alpha value is -2.04. The maximum Gasteiger partial charge on any atom is 0.340 e. The summed E-state index contributed by atoms with van der Waals surface area (Å²) in [5.74, 6) is 0.554. The number of anilines is 1. The van der Waals surface area contributed by atoms with E-state index in [0.717, 1.165) is 25.9 Å². The molecular weight excluding hydrogens is 292 g/mol. The number of ether oxygens (including phenoxy) is 1. The van der Waals surface area contributed by atoms with Gasteiger partial charge in [-0.05, 0) is 37.8 Å². The van der Waals surface area contributed by atoms with Gasteiger partial charge in [0.1, 0.15) is 0 Å². The van der Waals surface area contributed by atoms with Crippen molar-refractivity contribution in [1.82, 2.24) is 4.90 Å². The van der Waals surface area contributed by atoms with Gasteiger partial charge in [0.15, 0.2) is 0 Å². The molecule has 0 spiro atoms. The molecule has 0 atom stereocenters. The monoisotopic (exact) mass is 318 g/mol. The standard InChI is InChI=1S/C18H26N2O3/c1-3-23-18(22)15-6-4-5-7-16(15)19-11-8-17(21)20-12-9-14(2)10-13-20/h4-7,14,19H,3,8-13H2,1-2H3. The first-order valence-electron chi connectivity index (χ1n) is 8.39. The van der Waals surface area contributed by atoms with E-state index < -0.39 is 0 Å². The quantitative estimate of drug-likeness (QED) is 0.819. The lowest BCUT2D eigenvalue weighted by atomic mass is 9.99. The van der Waals surface area contributed by atoms with Gasteiger partial charge in [0, 0.05) is 31.7 Å². The summed E-state index contributed by atoms with van der Waals surface area (Å²) in [7, 11) is 0. The Bertz CT molecular complexity index is 537. The number of likely N-dealkylation sites (tertiary alicyclic amines) is 1. The molecule has 2 rings (SSSR count). The van der Waals surface area contributed by atoms with Crippen LogP contribution in [0.5, 0.6) is 0 Å². The molecule has 0 saturated carbocycles. The zero-order valence-electron chi connectivity index (χ0n) is 14.0. The van der Waals surface area contributed by atoms with Crippen molar-refractivity contribution in [3.05, 3.63) is 29.8 Å². The van der Waals surface area contributed by atoms with Crippen LogP contribution in [-0.2, 0) is 9.53 Å². The third kappa shape index (κ3) is 4.98. The maximum absolute atomic E-state index is 12.2. The van der Waals surface area contributed by atoms with Gasteiger partial charge in [0.25, 0.3) is 0 Å².